The van der Waals surface area contributed by atoms with Crippen molar-refractivity contribution in [1.82, 2.24) is 5.32 Å². The Morgan fingerprint density at radius 1 is 0.550 bits per heavy atom. The number of amides is 1. The predicted octanol–water partition coefficient (Wildman–Crippen LogP) is 14.9. The van der Waals surface area contributed by atoms with Gasteiger partial charge in [0.2, 0.25) is 5.91 Å². The molecule has 0 aromatic heterocycles. The Bertz CT molecular complexity index is 1030. The minimum Gasteiger partial charge on any atom is -0.387 e. The van der Waals surface area contributed by atoms with Crippen molar-refractivity contribution in [2.45, 2.75) is 257 Å². The summed E-state index contributed by atoms with van der Waals surface area (Å²) in [5.41, 5.74) is 0. The first-order valence-electron chi connectivity index (χ1n) is 25.7. The molecule has 0 aliphatic heterocycles. The number of quaternary nitrogens is 1. The molecule has 0 spiro atoms. The number of carbonyl (C=O) groups excluding carboxylic acids is 1. The van der Waals surface area contributed by atoms with Gasteiger partial charge in [-0.1, -0.05) is 231 Å². The van der Waals surface area contributed by atoms with E-state index in [4.69, 9.17) is 9.05 Å². The highest BCUT2D eigenvalue weighted by molar-refractivity contribution is 7.47. The van der Waals surface area contributed by atoms with E-state index in [9.17, 15) is 19.4 Å². The Morgan fingerprint density at radius 3 is 1.33 bits per heavy atom. The second-order valence-electron chi connectivity index (χ2n) is 18.9. The third-order valence-corrected chi connectivity index (χ3v) is 12.7. The maximum Gasteiger partial charge on any atom is 0.472 e. The number of rotatable bonds is 47. The summed E-state index contributed by atoms with van der Waals surface area (Å²) in [5, 5.41) is 13.9. The van der Waals surface area contributed by atoms with Crippen molar-refractivity contribution < 1.29 is 32.9 Å². The van der Waals surface area contributed by atoms with E-state index in [1.807, 2.05) is 27.2 Å². The standard InChI is InChI=1S/C51H101N2O6P/c1-6-8-10-12-14-16-18-20-22-23-24-25-26-27-28-29-31-32-34-36-38-40-42-44-50(54)49(48-59-60(56,57)58-47-46-53(3,4)5)52-51(55)45-43-41-39-37-35-33-30-21-19-17-15-13-11-9-7-2/h34,36,42,44,49-50,54H,6-33,35,37-41,43,45-48H2,1-5H3,(H-,52,55,56,57)/p+1/b36-34+,44-42+. The molecule has 8 nitrogen and oxygen atoms in total. The maximum atomic E-state index is 12.9. The summed E-state index contributed by atoms with van der Waals surface area (Å²) in [6, 6.07) is -0.858. The molecule has 0 saturated heterocycles. The number of phosphoric ester groups is 1. The lowest BCUT2D eigenvalue weighted by atomic mass is 10.0. The quantitative estimate of drug-likeness (QED) is 0.0243. The van der Waals surface area contributed by atoms with Crippen LogP contribution in [0.25, 0.3) is 0 Å². The fraction of sp³-hybridized carbons (Fsp3) is 0.902. The molecule has 0 aromatic carbocycles. The highest BCUT2D eigenvalue weighted by Crippen LogP contribution is 2.43. The van der Waals surface area contributed by atoms with E-state index < -0.39 is 20.0 Å². The zero-order chi connectivity index (χ0) is 44.3. The van der Waals surface area contributed by atoms with Crippen molar-refractivity contribution in [2.24, 2.45) is 0 Å². The number of carbonyl (C=O) groups is 1. The number of aliphatic hydroxyl groups is 1. The van der Waals surface area contributed by atoms with Crippen LogP contribution in [0.15, 0.2) is 24.3 Å². The van der Waals surface area contributed by atoms with Gasteiger partial charge < -0.3 is 19.8 Å². The van der Waals surface area contributed by atoms with Crippen LogP contribution in [0.4, 0.5) is 0 Å². The molecule has 356 valence electrons. The van der Waals surface area contributed by atoms with Crippen molar-refractivity contribution in [3.05, 3.63) is 24.3 Å². The number of hydrogen-bond donors (Lipinski definition) is 3. The molecule has 0 rings (SSSR count). The molecule has 0 fully saturated rings. The number of aliphatic hydroxyl groups excluding tert-OH is 1. The third kappa shape index (κ3) is 45.0. The molecule has 1 amide bonds. The van der Waals surface area contributed by atoms with Crippen molar-refractivity contribution in [3.8, 4) is 0 Å². The Labute approximate surface area is 373 Å². The molecule has 0 heterocycles. The fourth-order valence-corrected chi connectivity index (χ4v) is 8.32. The molecule has 0 aromatic rings. The largest absolute Gasteiger partial charge is 0.472 e. The molecule has 0 aliphatic carbocycles. The van der Waals surface area contributed by atoms with Crippen LogP contribution in [0.2, 0.25) is 0 Å². The summed E-state index contributed by atoms with van der Waals surface area (Å²) < 4.78 is 23.6. The summed E-state index contributed by atoms with van der Waals surface area (Å²) in [6.07, 6.45) is 52.6. The van der Waals surface area contributed by atoms with Gasteiger partial charge in [-0.2, -0.15) is 0 Å². The lowest BCUT2D eigenvalue weighted by Gasteiger charge is -2.25. The summed E-state index contributed by atoms with van der Waals surface area (Å²) in [5.74, 6) is -0.184. The van der Waals surface area contributed by atoms with Gasteiger partial charge in [-0.25, -0.2) is 4.57 Å². The van der Waals surface area contributed by atoms with Gasteiger partial charge in [0, 0.05) is 6.42 Å². The minimum absolute atomic E-state index is 0.0585. The van der Waals surface area contributed by atoms with E-state index in [0.717, 1.165) is 38.5 Å². The fourth-order valence-electron chi connectivity index (χ4n) is 7.59. The maximum absolute atomic E-state index is 12.9. The molecule has 0 saturated carbocycles. The molecule has 3 atom stereocenters. The van der Waals surface area contributed by atoms with Crippen LogP contribution >= 0.6 is 7.82 Å². The molecule has 0 radical (unpaired) electrons. The second kappa shape index (κ2) is 43.2. The van der Waals surface area contributed by atoms with Gasteiger partial charge in [0.25, 0.3) is 0 Å². The average molecular weight is 870 g/mol. The first-order chi connectivity index (χ1) is 29.0. The Hall–Kier alpha value is -1.02. The molecule has 0 aliphatic rings. The normalized spacial score (nSPS) is 14.3. The Morgan fingerprint density at radius 2 is 0.917 bits per heavy atom. The summed E-state index contributed by atoms with van der Waals surface area (Å²) >= 11 is 0. The van der Waals surface area contributed by atoms with Gasteiger partial charge in [-0.15, -0.1) is 0 Å². The van der Waals surface area contributed by atoms with Gasteiger partial charge in [-0.05, 0) is 32.1 Å². The first-order valence-corrected chi connectivity index (χ1v) is 27.2. The van der Waals surface area contributed by atoms with E-state index in [-0.39, 0.29) is 19.1 Å². The van der Waals surface area contributed by atoms with Crippen LogP contribution in [0.5, 0.6) is 0 Å². The van der Waals surface area contributed by atoms with Crippen molar-refractivity contribution in [2.75, 3.05) is 40.9 Å². The highest BCUT2D eigenvalue weighted by Gasteiger charge is 2.27. The van der Waals surface area contributed by atoms with Crippen LogP contribution in [0, 0.1) is 0 Å². The second-order valence-corrected chi connectivity index (χ2v) is 20.4. The molecule has 9 heteroatoms. The van der Waals surface area contributed by atoms with Crippen LogP contribution < -0.4 is 5.32 Å². The minimum atomic E-state index is -4.35. The number of likely N-dealkylation sites (N-methyl/N-ethyl adjacent to an activating group) is 1. The topological polar surface area (TPSA) is 105 Å². The van der Waals surface area contributed by atoms with Gasteiger partial charge >= 0.3 is 7.82 Å². The number of nitrogens with zero attached hydrogens (tertiary/aromatic N) is 1. The molecular formula is C51H102N2O6P+. The number of allylic oxidation sites excluding steroid dienone is 3. The van der Waals surface area contributed by atoms with E-state index in [1.54, 1.807) is 6.08 Å². The van der Waals surface area contributed by atoms with E-state index in [0.29, 0.717) is 17.4 Å². The third-order valence-electron chi connectivity index (χ3n) is 11.7. The summed E-state index contributed by atoms with van der Waals surface area (Å²) in [4.78, 5) is 23.2. The SMILES string of the molecule is CCCCCCCCCCCCCCCCCCC/C=C/CC/C=C/C(O)C(COP(=O)(O)OCC[N+](C)(C)C)NC(=O)CCCCCCCCCCCCCCCCC. The van der Waals surface area contributed by atoms with E-state index in [2.05, 4.69) is 31.3 Å². The number of hydrogen-bond acceptors (Lipinski definition) is 5. The lowest BCUT2D eigenvalue weighted by Crippen LogP contribution is -2.45. The van der Waals surface area contributed by atoms with Crippen LogP contribution in [-0.4, -0.2) is 73.4 Å². The van der Waals surface area contributed by atoms with E-state index in [1.165, 1.54) is 186 Å². The number of nitrogens with one attached hydrogen (secondary N) is 1. The van der Waals surface area contributed by atoms with Crippen LogP contribution in [0.1, 0.15) is 245 Å². The van der Waals surface area contributed by atoms with E-state index >= 15 is 0 Å². The average Bonchev–Trinajstić information content (AvgIpc) is 3.20. The predicted molar refractivity (Wildman–Crippen MR) is 258 cm³/mol. The molecule has 0 bridgehead atoms. The monoisotopic (exact) mass is 870 g/mol. The molecule has 3 unspecified atom stereocenters. The van der Waals surface area contributed by atoms with Crippen LogP contribution in [-0.2, 0) is 18.4 Å². The molecule has 60 heavy (non-hydrogen) atoms. The molecular weight excluding hydrogens is 768 g/mol. The highest BCUT2D eigenvalue weighted by atomic mass is 31.2. The Balaban J connectivity index is 4.31. The number of unbranched alkanes of at least 4 members (excludes halogenated alkanes) is 32. The van der Waals surface area contributed by atoms with Crippen molar-refractivity contribution >= 4 is 13.7 Å². The Kier molecular flexibility index (Phi) is 42.5. The van der Waals surface area contributed by atoms with Gasteiger partial charge in [0.1, 0.15) is 13.2 Å². The zero-order valence-corrected chi connectivity index (χ0v) is 41.4. The lowest BCUT2D eigenvalue weighted by molar-refractivity contribution is -0.870. The van der Waals surface area contributed by atoms with Gasteiger partial charge in [-0.3, -0.25) is 13.8 Å². The van der Waals surface area contributed by atoms with Gasteiger partial charge in [0.15, 0.2) is 0 Å². The zero-order valence-electron chi connectivity index (χ0n) is 40.5. The van der Waals surface area contributed by atoms with Crippen LogP contribution in [0.3, 0.4) is 0 Å². The smallest absolute Gasteiger partial charge is 0.387 e. The first kappa shape index (κ1) is 59.0. The van der Waals surface area contributed by atoms with Gasteiger partial charge in [0.05, 0.1) is 39.9 Å². The summed E-state index contributed by atoms with van der Waals surface area (Å²) in [7, 11) is 1.56. The summed E-state index contributed by atoms with van der Waals surface area (Å²) in [6.45, 7) is 4.82. The van der Waals surface area contributed by atoms with Crippen molar-refractivity contribution in [1.29, 1.82) is 0 Å². The number of phosphoric acid groups is 1. The van der Waals surface area contributed by atoms with Crippen molar-refractivity contribution in [3.63, 3.8) is 0 Å². The molecule has 3 N–H and O–H groups in total.